The first kappa shape index (κ1) is 23.1. The summed E-state index contributed by atoms with van der Waals surface area (Å²) in [5, 5.41) is 8.90. The molecule has 0 fully saturated rings. The Morgan fingerprint density at radius 3 is 1.81 bits per heavy atom. The molecule has 27 heavy (non-hydrogen) atoms. The van der Waals surface area contributed by atoms with Crippen molar-refractivity contribution in [1.82, 2.24) is 0 Å². The predicted octanol–water partition coefficient (Wildman–Crippen LogP) is 6.48. The summed E-state index contributed by atoms with van der Waals surface area (Å²) < 4.78 is 12.1. The van der Waals surface area contributed by atoms with Crippen LogP contribution in [0.4, 0.5) is 0 Å². The SMILES string of the molecule is CCCCCC(C)Oc1cc(/C=C/C(=O)O)cc(OC(C)CCCCC)c1. The molecule has 0 saturated carbocycles. The summed E-state index contributed by atoms with van der Waals surface area (Å²) in [6.07, 6.45) is 12.0. The highest BCUT2D eigenvalue weighted by molar-refractivity contribution is 5.85. The number of hydrogen-bond donors (Lipinski definition) is 1. The first-order valence-electron chi connectivity index (χ1n) is 10.3. The van der Waals surface area contributed by atoms with E-state index < -0.39 is 5.97 Å². The summed E-state index contributed by atoms with van der Waals surface area (Å²) >= 11 is 0. The third kappa shape index (κ3) is 10.7. The van der Waals surface area contributed by atoms with Crippen LogP contribution in [0.15, 0.2) is 24.3 Å². The molecule has 0 amide bonds. The van der Waals surface area contributed by atoms with Crippen LogP contribution in [-0.2, 0) is 4.79 Å². The van der Waals surface area contributed by atoms with Crippen molar-refractivity contribution in [2.75, 3.05) is 0 Å². The lowest BCUT2D eigenvalue weighted by Crippen LogP contribution is -2.13. The van der Waals surface area contributed by atoms with E-state index in [4.69, 9.17) is 14.6 Å². The molecular weight excluding hydrogens is 340 g/mol. The molecule has 1 aromatic rings. The van der Waals surface area contributed by atoms with Crippen LogP contribution in [0.25, 0.3) is 6.08 Å². The number of carboxylic acid groups (broad SMARTS) is 1. The Bertz CT molecular complexity index is 543. The number of hydrogen-bond acceptors (Lipinski definition) is 3. The first-order chi connectivity index (χ1) is 12.9. The van der Waals surface area contributed by atoms with Gasteiger partial charge in [0.25, 0.3) is 0 Å². The number of carbonyl (C=O) groups is 1. The predicted molar refractivity (Wildman–Crippen MR) is 112 cm³/mol. The summed E-state index contributed by atoms with van der Waals surface area (Å²) in [5.74, 6) is 0.481. The minimum atomic E-state index is -0.968. The number of carboxylic acids is 1. The molecule has 2 atom stereocenters. The fourth-order valence-corrected chi connectivity index (χ4v) is 2.94. The van der Waals surface area contributed by atoms with E-state index in [-0.39, 0.29) is 12.2 Å². The topological polar surface area (TPSA) is 55.8 Å². The van der Waals surface area contributed by atoms with Crippen LogP contribution in [0.5, 0.6) is 11.5 Å². The number of rotatable bonds is 14. The van der Waals surface area contributed by atoms with Crippen molar-refractivity contribution in [1.29, 1.82) is 0 Å². The van der Waals surface area contributed by atoms with Gasteiger partial charge in [-0.3, -0.25) is 0 Å². The Morgan fingerprint density at radius 2 is 1.41 bits per heavy atom. The molecule has 0 aliphatic heterocycles. The highest BCUT2D eigenvalue weighted by Crippen LogP contribution is 2.27. The number of aliphatic carboxylic acids is 1. The van der Waals surface area contributed by atoms with Gasteiger partial charge in [-0.25, -0.2) is 4.79 Å². The van der Waals surface area contributed by atoms with Crippen LogP contribution >= 0.6 is 0 Å². The van der Waals surface area contributed by atoms with Gasteiger partial charge >= 0.3 is 5.97 Å². The van der Waals surface area contributed by atoms with Gasteiger partial charge in [0.05, 0.1) is 12.2 Å². The zero-order valence-corrected chi connectivity index (χ0v) is 17.4. The fourth-order valence-electron chi connectivity index (χ4n) is 2.94. The molecule has 1 N–H and O–H groups in total. The Hall–Kier alpha value is -1.97. The molecule has 4 heteroatoms. The van der Waals surface area contributed by atoms with Crippen molar-refractivity contribution in [3.05, 3.63) is 29.8 Å². The minimum Gasteiger partial charge on any atom is -0.491 e. The minimum absolute atomic E-state index is 0.116. The Morgan fingerprint density at radius 1 is 0.926 bits per heavy atom. The normalized spacial score (nSPS) is 13.5. The second-order valence-corrected chi connectivity index (χ2v) is 7.26. The Labute approximate surface area is 164 Å². The van der Waals surface area contributed by atoms with Crippen molar-refractivity contribution in [3.8, 4) is 11.5 Å². The number of benzene rings is 1. The number of unbranched alkanes of at least 4 members (excludes halogenated alkanes) is 4. The van der Waals surface area contributed by atoms with Gasteiger partial charge in [0, 0.05) is 12.1 Å². The molecule has 0 aliphatic carbocycles. The molecule has 1 aromatic carbocycles. The fraction of sp³-hybridized carbons (Fsp3) is 0.609. The number of ether oxygens (including phenoxy) is 2. The Kier molecular flexibility index (Phi) is 11.3. The zero-order chi connectivity index (χ0) is 20.1. The molecular formula is C23H36O4. The lowest BCUT2D eigenvalue weighted by Gasteiger charge is -2.18. The summed E-state index contributed by atoms with van der Waals surface area (Å²) in [7, 11) is 0. The zero-order valence-electron chi connectivity index (χ0n) is 17.4. The Balaban J connectivity index is 2.84. The molecule has 0 radical (unpaired) electrons. The van der Waals surface area contributed by atoms with Crippen molar-refractivity contribution >= 4 is 12.0 Å². The monoisotopic (exact) mass is 376 g/mol. The maximum atomic E-state index is 10.8. The average molecular weight is 377 g/mol. The lowest BCUT2D eigenvalue weighted by atomic mass is 10.1. The first-order valence-corrected chi connectivity index (χ1v) is 10.3. The van der Waals surface area contributed by atoms with Crippen molar-refractivity contribution in [3.63, 3.8) is 0 Å². The summed E-state index contributed by atoms with van der Waals surface area (Å²) in [6.45, 7) is 8.52. The van der Waals surface area contributed by atoms with Gasteiger partial charge in [-0.15, -0.1) is 0 Å². The van der Waals surface area contributed by atoms with Gasteiger partial charge < -0.3 is 14.6 Å². The van der Waals surface area contributed by atoms with Gasteiger partial charge in [0.2, 0.25) is 0 Å². The summed E-state index contributed by atoms with van der Waals surface area (Å²) in [6, 6.07) is 5.64. The van der Waals surface area contributed by atoms with Crippen LogP contribution in [0.3, 0.4) is 0 Å². The van der Waals surface area contributed by atoms with Crippen molar-refractivity contribution in [2.45, 2.75) is 91.3 Å². The molecule has 1 rings (SSSR count). The van der Waals surface area contributed by atoms with Gasteiger partial charge in [0.1, 0.15) is 11.5 Å². The second kappa shape index (κ2) is 13.2. The maximum Gasteiger partial charge on any atom is 0.328 e. The molecule has 0 bridgehead atoms. The molecule has 0 spiro atoms. The van der Waals surface area contributed by atoms with E-state index in [2.05, 4.69) is 27.7 Å². The van der Waals surface area contributed by atoms with Crippen LogP contribution in [0, 0.1) is 0 Å². The molecule has 0 aliphatic rings. The highest BCUT2D eigenvalue weighted by Gasteiger charge is 2.10. The average Bonchev–Trinajstić information content (AvgIpc) is 2.60. The van der Waals surface area contributed by atoms with E-state index in [1.165, 1.54) is 25.7 Å². The molecule has 0 saturated heterocycles. The largest absolute Gasteiger partial charge is 0.491 e. The van der Waals surface area contributed by atoms with E-state index in [0.29, 0.717) is 0 Å². The third-order valence-corrected chi connectivity index (χ3v) is 4.42. The lowest BCUT2D eigenvalue weighted by molar-refractivity contribution is -0.131. The summed E-state index contributed by atoms with van der Waals surface area (Å²) in [5.41, 5.74) is 0.770. The van der Waals surface area contributed by atoms with Crippen LogP contribution < -0.4 is 9.47 Å². The smallest absolute Gasteiger partial charge is 0.328 e. The van der Waals surface area contributed by atoms with E-state index in [1.54, 1.807) is 6.08 Å². The third-order valence-electron chi connectivity index (χ3n) is 4.42. The highest BCUT2D eigenvalue weighted by atomic mass is 16.5. The van der Waals surface area contributed by atoms with Gasteiger partial charge in [-0.1, -0.05) is 39.5 Å². The molecule has 0 heterocycles. The molecule has 152 valence electrons. The molecule has 0 aromatic heterocycles. The molecule has 2 unspecified atom stereocenters. The van der Waals surface area contributed by atoms with Gasteiger partial charge in [-0.2, -0.15) is 0 Å². The molecule has 4 nitrogen and oxygen atoms in total. The van der Waals surface area contributed by atoms with E-state index >= 15 is 0 Å². The standard InChI is InChI=1S/C23H36O4/c1-5-7-9-11-18(3)26-21-15-20(13-14-23(24)25)16-22(17-21)27-19(4)12-10-8-6-2/h13-19H,5-12H2,1-4H3,(H,24,25)/b14-13+. The van der Waals surface area contributed by atoms with Crippen molar-refractivity contribution < 1.29 is 19.4 Å². The van der Waals surface area contributed by atoms with Crippen LogP contribution in [-0.4, -0.2) is 23.3 Å². The van der Waals surface area contributed by atoms with E-state index in [0.717, 1.165) is 48.8 Å². The van der Waals surface area contributed by atoms with Gasteiger partial charge in [0.15, 0.2) is 0 Å². The van der Waals surface area contributed by atoms with Gasteiger partial charge in [-0.05, 0) is 63.3 Å². The van der Waals surface area contributed by atoms with E-state index in [1.807, 2.05) is 18.2 Å². The van der Waals surface area contributed by atoms with Crippen LogP contribution in [0.2, 0.25) is 0 Å². The summed E-state index contributed by atoms with van der Waals surface area (Å²) in [4.78, 5) is 10.8. The second-order valence-electron chi connectivity index (χ2n) is 7.26. The van der Waals surface area contributed by atoms with Crippen molar-refractivity contribution in [2.24, 2.45) is 0 Å². The maximum absolute atomic E-state index is 10.8. The van der Waals surface area contributed by atoms with E-state index in [9.17, 15) is 4.79 Å². The van der Waals surface area contributed by atoms with Crippen LogP contribution in [0.1, 0.15) is 84.6 Å². The quantitative estimate of drug-likeness (QED) is 0.298.